The summed E-state index contributed by atoms with van der Waals surface area (Å²) in [6, 6.07) is 9.38. The highest BCUT2D eigenvalue weighted by Gasteiger charge is 2.48. The van der Waals surface area contributed by atoms with Gasteiger partial charge in [-0.1, -0.05) is 0 Å². The first-order valence-corrected chi connectivity index (χ1v) is 8.88. The van der Waals surface area contributed by atoms with Crippen molar-refractivity contribution in [2.24, 2.45) is 0 Å². The van der Waals surface area contributed by atoms with Crippen LogP contribution in [-0.2, 0) is 14.3 Å². The van der Waals surface area contributed by atoms with Gasteiger partial charge in [-0.05, 0) is 30.3 Å². The minimum absolute atomic E-state index is 0.0696. The van der Waals surface area contributed by atoms with Crippen LogP contribution >= 0.6 is 0 Å². The van der Waals surface area contributed by atoms with E-state index >= 15 is 0 Å². The number of hydrogen-bond donors (Lipinski definition) is 2. The Morgan fingerprint density at radius 3 is 2.52 bits per heavy atom. The van der Waals surface area contributed by atoms with E-state index in [1.807, 2.05) is 30.3 Å². The van der Waals surface area contributed by atoms with Crippen LogP contribution in [0.1, 0.15) is 6.92 Å². The maximum Gasteiger partial charge on any atom is 0.223 e. The molecule has 2 N–H and O–H groups in total. The molecule has 0 radical (unpaired) electrons. The van der Waals surface area contributed by atoms with Gasteiger partial charge < -0.3 is 24.8 Å². The summed E-state index contributed by atoms with van der Waals surface area (Å²) in [5, 5.41) is 6.19. The summed E-state index contributed by atoms with van der Waals surface area (Å²) in [5.74, 6) is 1.23. The Hall–Kier alpha value is -2.71. The summed E-state index contributed by atoms with van der Waals surface area (Å²) in [7, 11) is 1.64. The van der Waals surface area contributed by atoms with E-state index in [2.05, 4.69) is 20.6 Å². The second-order valence-electron chi connectivity index (χ2n) is 6.65. The summed E-state index contributed by atoms with van der Waals surface area (Å²) in [6.07, 6.45) is 1.42. The van der Waals surface area contributed by atoms with Crippen LogP contribution in [0.25, 0.3) is 11.3 Å². The number of nitrogens with one attached hydrogen (secondary N) is 2. The number of aromatic nitrogens is 2. The van der Waals surface area contributed by atoms with Gasteiger partial charge in [0.15, 0.2) is 0 Å². The molecule has 0 spiro atoms. The quantitative estimate of drug-likeness (QED) is 0.817. The van der Waals surface area contributed by atoms with E-state index in [4.69, 9.17) is 14.2 Å². The van der Waals surface area contributed by atoms with Crippen molar-refractivity contribution in [3.05, 3.63) is 36.5 Å². The van der Waals surface area contributed by atoms with Gasteiger partial charge in [0.1, 0.15) is 18.0 Å². The fraction of sp³-hybridized carbons (Fsp3) is 0.421. The Bertz CT molecular complexity index is 814. The SMILES string of the molecule is COc1ccc(-c2ccnc(N[C@H]3CO[C@H]4[C@@H]3OC[C@@H]4NC(C)=O)n2)cc1. The molecule has 0 saturated carbocycles. The first-order valence-electron chi connectivity index (χ1n) is 8.88. The van der Waals surface area contributed by atoms with Crippen LogP contribution in [0, 0.1) is 0 Å². The highest BCUT2D eigenvalue weighted by Crippen LogP contribution is 2.29. The minimum Gasteiger partial charge on any atom is -0.497 e. The number of methoxy groups -OCH3 is 1. The van der Waals surface area contributed by atoms with Crippen molar-refractivity contribution in [3.8, 4) is 17.0 Å². The molecule has 1 aromatic heterocycles. The molecule has 8 heteroatoms. The van der Waals surface area contributed by atoms with E-state index in [9.17, 15) is 4.79 Å². The number of fused-ring (bicyclic) bond motifs is 1. The summed E-state index contributed by atoms with van der Waals surface area (Å²) >= 11 is 0. The zero-order valence-corrected chi connectivity index (χ0v) is 15.2. The van der Waals surface area contributed by atoms with Gasteiger partial charge in [-0.2, -0.15) is 0 Å². The molecule has 4 rings (SSSR count). The van der Waals surface area contributed by atoms with Crippen LogP contribution in [0.5, 0.6) is 5.75 Å². The third kappa shape index (κ3) is 3.72. The topological polar surface area (TPSA) is 94.6 Å². The Morgan fingerprint density at radius 2 is 1.81 bits per heavy atom. The normalized spacial score (nSPS) is 26.4. The van der Waals surface area contributed by atoms with Gasteiger partial charge in [0.25, 0.3) is 0 Å². The fourth-order valence-corrected chi connectivity index (χ4v) is 3.52. The predicted octanol–water partition coefficient (Wildman–Crippen LogP) is 1.23. The third-order valence-corrected chi connectivity index (χ3v) is 4.80. The van der Waals surface area contributed by atoms with Crippen molar-refractivity contribution in [3.63, 3.8) is 0 Å². The second kappa shape index (κ2) is 7.50. The van der Waals surface area contributed by atoms with E-state index < -0.39 is 0 Å². The van der Waals surface area contributed by atoms with Crippen molar-refractivity contribution in [1.29, 1.82) is 0 Å². The van der Waals surface area contributed by atoms with Crippen LogP contribution in [0.15, 0.2) is 36.5 Å². The number of carbonyl (C=O) groups is 1. The molecule has 0 bridgehead atoms. The lowest BCUT2D eigenvalue weighted by Gasteiger charge is -2.18. The lowest BCUT2D eigenvalue weighted by molar-refractivity contribution is -0.120. The van der Waals surface area contributed by atoms with Crippen molar-refractivity contribution < 1.29 is 19.0 Å². The molecule has 8 nitrogen and oxygen atoms in total. The molecule has 2 aromatic rings. The molecule has 27 heavy (non-hydrogen) atoms. The number of rotatable bonds is 5. The van der Waals surface area contributed by atoms with E-state index in [0.29, 0.717) is 19.2 Å². The molecule has 0 unspecified atom stereocenters. The zero-order valence-electron chi connectivity index (χ0n) is 15.2. The van der Waals surface area contributed by atoms with Gasteiger partial charge in [0, 0.05) is 18.7 Å². The summed E-state index contributed by atoms with van der Waals surface area (Å²) in [5.41, 5.74) is 1.79. The van der Waals surface area contributed by atoms with Gasteiger partial charge in [-0.25, -0.2) is 9.97 Å². The van der Waals surface area contributed by atoms with E-state index in [-0.39, 0.29) is 30.2 Å². The van der Waals surface area contributed by atoms with Gasteiger partial charge in [-0.3, -0.25) is 4.79 Å². The standard InChI is InChI=1S/C19H22N4O4/c1-11(24)21-15-9-26-18-16(10-27-17(15)18)23-19-20-8-7-14(22-19)12-3-5-13(25-2)6-4-12/h3-8,15-18H,9-10H2,1-2H3,(H,21,24)(H,20,22,23)/t15-,16-,17+,18+/m0/s1. The molecule has 2 fully saturated rings. The predicted molar refractivity (Wildman–Crippen MR) is 98.5 cm³/mol. The average molecular weight is 370 g/mol. The van der Waals surface area contributed by atoms with Crippen LogP contribution in [0.3, 0.4) is 0 Å². The maximum absolute atomic E-state index is 11.3. The number of amides is 1. The molecule has 2 aliphatic heterocycles. The summed E-state index contributed by atoms with van der Waals surface area (Å²) in [4.78, 5) is 20.2. The molecule has 2 saturated heterocycles. The molecule has 2 aliphatic rings. The molecule has 142 valence electrons. The lowest BCUT2D eigenvalue weighted by Crippen LogP contribution is -2.44. The average Bonchev–Trinajstić information content (AvgIpc) is 3.25. The van der Waals surface area contributed by atoms with Gasteiger partial charge in [0.2, 0.25) is 11.9 Å². The first-order chi connectivity index (χ1) is 13.1. The molecular formula is C19H22N4O4. The first kappa shape index (κ1) is 17.7. The Morgan fingerprint density at radius 1 is 1.11 bits per heavy atom. The van der Waals surface area contributed by atoms with Crippen LogP contribution < -0.4 is 15.4 Å². The second-order valence-corrected chi connectivity index (χ2v) is 6.65. The minimum atomic E-state index is -0.156. The number of nitrogens with zero attached hydrogens (tertiary/aromatic N) is 2. The molecule has 0 aliphatic carbocycles. The Labute approximate surface area is 157 Å². The fourth-order valence-electron chi connectivity index (χ4n) is 3.52. The largest absolute Gasteiger partial charge is 0.497 e. The van der Waals surface area contributed by atoms with E-state index in [0.717, 1.165) is 17.0 Å². The summed E-state index contributed by atoms with van der Waals surface area (Å²) in [6.45, 7) is 2.41. The Kier molecular flexibility index (Phi) is 4.91. The highest BCUT2D eigenvalue weighted by molar-refractivity contribution is 5.73. The molecule has 4 atom stereocenters. The summed E-state index contributed by atoms with van der Waals surface area (Å²) < 4.78 is 16.9. The molecule has 1 aromatic carbocycles. The highest BCUT2D eigenvalue weighted by atomic mass is 16.6. The maximum atomic E-state index is 11.3. The lowest BCUT2D eigenvalue weighted by atomic mass is 10.1. The van der Waals surface area contributed by atoms with Crippen molar-refractivity contribution >= 4 is 11.9 Å². The smallest absolute Gasteiger partial charge is 0.223 e. The molecule has 1 amide bonds. The van der Waals surface area contributed by atoms with Gasteiger partial charge >= 0.3 is 0 Å². The van der Waals surface area contributed by atoms with Gasteiger partial charge in [0.05, 0.1) is 38.1 Å². The number of hydrogen-bond acceptors (Lipinski definition) is 7. The van der Waals surface area contributed by atoms with Crippen LogP contribution in [0.4, 0.5) is 5.95 Å². The Balaban J connectivity index is 1.45. The number of benzene rings is 1. The monoisotopic (exact) mass is 370 g/mol. The molecule has 3 heterocycles. The van der Waals surface area contributed by atoms with Crippen LogP contribution in [-0.4, -0.2) is 60.5 Å². The van der Waals surface area contributed by atoms with E-state index in [1.54, 1.807) is 13.3 Å². The number of ether oxygens (including phenoxy) is 3. The number of anilines is 1. The van der Waals surface area contributed by atoms with Gasteiger partial charge in [-0.15, -0.1) is 0 Å². The number of carbonyl (C=O) groups excluding carboxylic acids is 1. The van der Waals surface area contributed by atoms with Crippen LogP contribution in [0.2, 0.25) is 0 Å². The van der Waals surface area contributed by atoms with Crippen molar-refractivity contribution in [2.45, 2.75) is 31.2 Å². The van der Waals surface area contributed by atoms with Crippen molar-refractivity contribution in [1.82, 2.24) is 15.3 Å². The molecular weight excluding hydrogens is 348 g/mol. The third-order valence-electron chi connectivity index (χ3n) is 4.80. The van der Waals surface area contributed by atoms with E-state index in [1.165, 1.54) is 6.92 Å². The van der Waals surface area contributed by atoms with Crippen molar-refractivity contribution in [2.75, 3.05) is 25.6 Å². The zero-order chi connectivity index (χ0) is 18.8.